The van der Waals surface area contributed by atoms with E-state index >= 15 is 0 Å². The van der Waals surface area contributed by atoms with E-state index in [4.69, 9.17) is 26.1 Å². The number of carbonyl (C=O) groups is 4. The molecule has 14 nitrogen and oxygen atoms in total. The molecule has 2 aliphatic carbocycles. The number of benzene rings is 1. The molecular weight excluding hydrogens is 841 g/mol. The minimum Gasteiger partial charge on any atom is -0.495 e. The zero-order chi connectivity index (χ0) is 44.2. The van der Waals surface area contributed by atoms with E-state index < -0.39 is 92.5 Å². The normalized spacial score (nSPS) is 24.6. The average molecular weight is 889 g/mol. The molecule has 6 atom stereocenters. The quantitative estimate of drug-likeness (QED) is 0.206. The zero-order valence-corrected chi connectivity index (χ0v) is 35.7. The minimum absolute atomic E-state index is 0.0493. The Morgan fingerprint density at radius 3 is 2.41 bits per heavy atom. The molecule has 2 N–H and O–H groups in total. The summed E-state index contributed by atoms with van der Waals surface area (Å²) in [6, 6.07) is 6.94. The van der Waals surface area contributed by atoms with Crippen LogP contribution in [0.5, 0.6) is 11.5 Å². The summed E-state index contributed by atoms with van der Waals surface area (Å²) in [7, 11) is -2.54. The van der Waals surface area contributed by atoms with Gasteiger partial charge in [-0.3, -0.25) is 28.9 Å². The number of aromatic nitrogens is 2. The van der Waals surface area contributed by atoms with Gasteiger partial charge < -0.3 is 24.6 Å². The van der Waals surface area contributed by atoms with Crippen LogP contribution >= 0.6 is 11.6 Å². The number of carbonyl (C=O) groups excluding carboxylic acids is 4. The van der Waals surface area contributed by atoms with Gasteiger partial charge in [0.15, 0.2) is 0 Å². The van der Waals surface area contributed by atoms with Crippen molar-refractivity contribution in [2.75, 3.05) is 20.2 Å². The molecule has 0 spiro atoms. The molecule has 2 saturated carbocycles. The van der Waals surface area contributed by atoms with Crippen molar-refractivity contribution in [3.05, 3.63) is 60.3 Å². The standard InChI is InChI=1S/C42H48ClF3N6O8S/c1-6-23-21-41(23,39(56)50-61(57,58)25-12-13-25)49-37(54)30-18-24(22-52(30)38(55)27(40(2,3)4)19-34(53)51-17-9-11-33(51)42(44,45)46)60-32-20-29(28-10-7-8-16-47-28)48-36-26(32)14-15-31(59-5)35(36)43/h6-8,10,14-16,20,23-25,27,30,33H,1,9,11-13,17-19,21-22H2,2-5H3,(H,49,54)(H,50,56)/t23-,24-,27-,30+,33?,41-/m1/s1. The average Bonchev–Trinajstić information content (AvgIpc) is 4.08. The smallest absolute Gasteiger partial charge is 0.408 e. The third-order valence-electron chi connectivity index (χ3n) is 12.1. The molecule has 4 fully saturated rings. The summed E-state index contributed by atoms with van der Waals surface area (Å²) in [4.78, 5) is 67.9. The van der Waals surface area contributed by atoms with Crippen molar-refractivity contribution in [1.29, 1.82) is 0 Å². The topological polar surface area (TPSA) is 177 Å². The van der Waals surface area contributed by atoms with Crippen LogP contribution in [-0.2, 0) is 29.2 Å². The molecule has 2 saturated heterocycles. The van der Waals surface area contributed by atoms with Gasteiger partial charge in [0, 0.05) is 43.0 Å². The van der Waals surface area contributed by atoms with Crippen LogP contribution in [0.15, 0.2) is 55.3 Å². The van der Waals surface area contributed by atoms with E-state index in [9.17, 15) is 40.8 Å². The lowest BCUT2D eigenvalue weighted by Gasteiger charge is -2.36. The number of halogens is 4. The largest absolute Gasteiger partial charge is 0.495 e. The molecule has 4 amide bonds. The van der Waals surface area contributed by atoms with Gasteiger partial charge in [-0.2, -0.15) is 13.2 Å². The van der Waals surface area contributed by atoms with Crippen molar-refractivity contribution in [2.45, 2.75) is 101 Å². The summed E-state index contributed by atoms with van der Waals surface area (Å²) in [6.45, 7) is 8.49. The number of likely N-dealkylation sites (tertiary alicyclic amines) is 2. The highest BCUT2D eigenvalue weighted by Crippen LogP contribution is 2.46. The number of fused-ring (bicyclic) bond motifs is 1. The Kier molecular flexibility index (Phi) is 11.8. The van der Waals surface area contributed by atoms with Gasteiger partial charge in [-0.1, -0.05) is 44.5 Å². The van der Waals surface area contributed by atoms with Crippen molar-refractivity contribution in [3.8, 4) is 22.9 Å². The van der Waals surface area contributed by atoms with Crippen molar-refractivity contribution >= 4 is 56.2 Å². The molecular formula is C42H48ClF3N6O8S. The Labute approximate surface area is 356 Å². The third kappa shape index (κ3) is 8.88. The first kappa shape index (κ1) is 44.1. The molecule has 1 aromatic carbocycles. The number of pyridine rings is 2. The first-order chi connectivity index (χ1) is 28.7. The van der Waals surface area contributed by atoms with Gasteiger partial charge in [0.1, 0.15) is 40.2 Å². The van der Waals surface area contributed by atoms with Gasteiger partial charge in [-0.05, 0) is 61.8 Å². The van der Waals surface area contributed by atoms with Crippen LogP contribution in [0.25, 0.3) is 22.3 Å². The van der Waals surface area contributed by atoms with E-state index in [1.165, 1.54) is 18.1 Å². The first-order valence-corrected chi connectivity index (χ1v) is 22.0. The van der Waals surface area contributed by atoms with Crippen LogP contribution in [0.3, 0.4) is 0 Å². The summed E-state index contributed by atoms with van der Waals surface area (Å²) in [5.74, 6) is -4.42. The van der Waals surface area contributed by atoms with Crippen LogP contribution in [-0.4, -0.2) is 107 Å². The van der Waals surface area contributed by atoms with Gasteiger partial charge in [0.05, 0.1) is 41.7 Å². The lowest BCUT2D eigenvalue weighted by molar-refractivity contribution is -0.183. The van der Waals surface area contributed by atoms with E-state index in [-0.39, 0.29) is 49.5 Å². The second kappa shape index (κ2) is 16.4. The van der Waals surface area contributed by atoms with Crippen LogP contribution < -0.4 is 19.5 Å². The highest BCUT2D eigenvalue weighted by molar-refractivity contribution is 7.91. The predicted molar refractivity (Wildman–Crippen MR) is 219 cm³/mol. The molecule has 0 bridgehead atoms. The highest BCUT2D eigenvalue weighted by atomic mass is 35.5. The molecule has 4 heterocycles. The number of rotatable bonds is 13. The highest BCUT2D eigenvalue weighted by Gasteiger charge is 2.62. The number of methoxy groups -OCH3 is 1. The summed E-state index contributed by atoms with van der Waals surface area (Å²) < 4.78 is 81.7. The Bertz CT molecular complexity index is 2360. The number of nitrogens with one attached hydrogen (secondary N) is 2. The Balaban J connectivity index is 1.23. The van der Waals surface area contributed by atoms with Crippen molar-refractivity contribution in [2.24, 2.45) is 17.3 Å². The SMILES string of the molecule is C=C[C@@H]1C[C@]1(NC(=O)[C@@H]1C[C@@H](Oc2cc(-c3ccccn3)nc3c(Cl)c(OC)ccc23)CN1C(=O)[C@@H](CC(=O)N1CCCC1C(F)(F)F)C(C)(C)C)C(=O)NS(=O)(=O)C1CC1. The molecule has 4 aliphatic rings. The zero-order valence-electron chi connectivity index (χ0n) is 34.1. The first-order valence-electron chi connectivity index (χ1n) is 20.1. The molecule has 3 aromatic rings. The molecule has 19 heteroatoms. The fraction of sp³-hybridized carbons (Fsp3) is 0.524. The lowest BCUT2D eigenvalue weighted by atomic mass is 9.77. The second-order valence-corrected chi connectivity index (χ2v) is 19.6. The fourth-order valence-electron chi connectivity index (χ4n) is 8.34. The summed E-state index contributed by atoms with van der Waals surface area (Å²) >= 11 is 6.76. The molecule has 1 unspecified atom stereocenters. The Morgan fingerprint density at radius 2 is 1.80 bits per heavy atom. The van der Waals surface area contributed by atoms with Crippen LogP contribution in [0, 0.1) is 17.3 Å². The lowest BCUT2D eigenvalue weighted by Crippen LogP contribution is -2.57. The maximum absolute atomic E-state index is 14.9. The van der Waals surface area contributed by atoms with Gasteiger partial charge in [-0.25, -0.2) is 13.4 Å². The van der Waals surface area contributed by atoms with E-state index in [0.717, 1.165) is 4.90 Å². The van der Waals surface area contributed by atoms with Crippen molar-refractivity contribution in [3.63, 3.8) is 0 Å². The molecule has 2 aliphatic heterocycles. The summed E-state index contributed by atoms with van der Waals surface area (Å²) in [5.41, 5.74) is -1.45. The fourth-order valence-corrected chi connectivity index (χ4v) is 9.99. The monoisotopic (exact) mass is 888 g/mol. The number of amides is 4. The summed E-state index contributed by atoms with van der Waals surface area (Å²) in [5, 5.41) is 2.69. The maximum Gasteiger partial charge on any atom is 0.408 e. The molecule has 0 radical (unpaired) electrons. The van der Waals surface area contributed by atoms with E-state index in [1.807, 2.05) is 0 Å². The van der Waals surface area contributed by atoms with Crippen LogP contribution in [0.4, 0.5) is 13.2 Å². The molecule has 2 aromatic heterocycles. The number of alkyl halides is 3. The number of sulfonamides is 1. The van der Waals surface area contributed by atoms with E-state index in [1.54, 1.807) is 63.4 Å². The third-order valence-corrected chi connectivity index (χ3v) is 14.2. The minimum atomic E-state index is -4.65. The van der Waals surface area contributed by atoms with Gasteiger partial charge in [-0.15, -0.1) is 6.58 Å². The predicted octanol–water partition coefficient (Wildman–Crippen LogP) is 5.58. The summed E-state index contributed by atoms with van der Waals surface area (Å²) in [6.07, 6.45) is -2.45. The van der Waals surface area contributed by atoms with Gasteiger partial charge >= 0.3 is 6.18 Å². The van der Waals surface area contributed by atoms with Crippen LogP contribution in [0.2, 0.25) is 5.02 Å². The Hall–Kier alpha value is -4.97. The molecule has 61 heavy (non-hydrogen) atoms. The number of ether oxygens (including phenoxy) is 2. The van der Waals surface area contributed by atoms with Gasteiger partial charge in [0.25, 0.3) is 5.91 Å². The number of nitrogens with zero attached hydrogens (tertiary/aromatic N) is 4. The van der Waals surface area contributed by atoms with Gasteiger partial charge in [0.2, 0.25) is 27.7 Å². The van der Waals surface area contributed by atoms with Crippen molar-refractivity contribution < 1.29 is 50.2 Å². The van der Waals surface area contributed by atoms with E-state index in [0.29, 0.717) is 40.9 Å². The van der Waals surface area contributed by atoms with E-state index in [2.05, 4.69) is 21.6 Å². The molecule has 7 rings (SSSR count). The maximum atomic E-state index is 14.9. The molecule has 328 valence electrons. The number of hydrogen-bond acceptors (Lipinski definition) is 10. The number of hydrogen-bond donors (Lipinski definition) is 2. The van der Waals surface area contributed by atoms with Crippen LogP contribution in [0.1, 0.15) is 65.7 Å². The van der Waals surface area contributed by atoms with Crippen molar-refractivity contribution in [1.82, 2.24) is 29.8 Å². The second-order valence-electron chi connectivity index (χ2n) is 17.3. The Morgan fingerprint density at radius 1 is 1.07 bits per heavy atom.